The van der Waals surface area contributed by atoms with Crippen LogP contribution in [0.4, 0.5) is 0 Å². The zero-order chi connectivity index (χ0) is 16.6. The van der Waals surface area contributed by atoms with Crippen LogP contribution < -0.4 is 10.6 Å². The zero-order valence-electron chi connectivity index (χ0n) is 15.1. The standard InChI is InChI=1S/C17H35N3OS/c1-6-7-14-8-10-15(11-9-14)20-16(18-5)19-12-13-22(21)17(2,3)4/h14-15H,6-13H2,1-5H3,(H2,18,19,20). The van der Waals surface area contributed by atoms with E-state index in [-0.39, 0.29) is 4.75 Å². The zero-order valence-corrected chi connectivity index (χ0v) is 15.9. The Morgan fingerprint density at radius 2 is 1.86 bits per heavy atom. The number of guanidine groups is 1. The fraction of sp³-hybridized carbons (Fsp3) is 0.941. The van der Waals surface area contributed by atoms with Gasteiger partial charge in [-0.3, -0.25) is 9.20 Å². The van der Waals surface area contributed by atoms with Gasteiger partial charge >= 0.3 is 0 Å². The Balaban J connectivity index is 2.28. The Morgan fingerprint density at radius 1 is 1.23 bits per heavy atom. The first-order chi connectivity index (χ1) is 10.4. The van der Waals surface area contributed by atoms with Gasteiger partial charge < -0.3 is 10.6 Å². The number of aliphatic imine (C=N–C) groups is 1. The number of hydrogen-bond donors (Lipinski definition) is 2. The molecule has 0 amide bonds. The molecule has 0 aromatic rings. The molecule has 0 bridgehead atoms. The predicted molar refractivity (Wildman–Crippen MR) is 97.9 cm³/mol. The minimum Gasteiger partial charge on any atom is -0.355 e. The van der Waals surface area contributed by atoms with E-state index in [1.54, 1.807) is 7.05 Å². The summed E-state index contributed by atoms with van der Waals surface area (Å²) in [6.07, 6.45) is 7.81. The highest BCUT2D eigenvalue weighted by Crippen LogP contribution is 2.27. The molecular formula is C17H35N3OS. The maximum atomic E-state index is 12.0. The maximum absolute atomic E-state index is 12.0. The third-order valence-corrected chi connectivity index (χ3v) is 6.31. The fourth-order valence-corrected chi connectivity index (χ4v) is 3.86. The van der Waals surface area contributed by atoms with E-state index in [0.29, 0.717) is 18.3 Å². The number of hydrogen-bond acceptors (Lipinski definition) is 2. The SMILES string of the molecule is CCCC1CCC(NC(=NC)NCCS(=O)C(C)(C)C)CC1. The Kier molecular flexibility index (Phi) is 8.44. The van der Waals surface area contributed by atoms with Gasteiger partial charge in [0.2, 0.25) is 0 Å². The lowest BCUT2D eigenvalue weighted by Gasteiger charge is -2.30. The molecule has 1 unspecified atom stereocenters. The van der Waals surface area contributed by atoms with Crippen LogP contribution in [0, 0.1) is 5.92 Å². The molecule has 1 atom stereocenters. The van der Waals surface area contributed by atoms with Crippen molar-refractivity contribution in [3.8, 4) is 0 Å². The van der Waals surface area contributed by atoms with Crippen molar-refractivity contribution in [1.82, 2.24) is 10.6 Å². The lowest BCUT2D eigenvalue weighted by Crippen LogP contribution is -2.46. The molecule has 0 aromatic heterocycles. The molecule has 0 heterocycles. The number of nitrogens with one attached hydrogen (secondary N) is 2. The van der Waals surface area contributed by atoms with Gasteiger partial charge in [-0.15, -0.1) is 0 Å². The van der Waals surface area contributed by atoms with Gasteiger partial charge in [-0.2, -0.15) is 0 Å². The summed E-state index contributed by atoms with van der Waals surface area (Å²) in [5.41, 5.74) is 0. The summed E-state index contributed by atoms with van der Waals surface area (Å²) >= 11 is 0. The minimum atomic E-state index is -0.815. The van der Waals surface area contributed by atoms with Crippen molar-refractivity contribution in [1.29, 1.82) is 0 Å². The fourth-order valence-electron chi connectivity index (χ4n) is 2.96. The quantitative estimate of drug-likeness (QED) is 0.582. The van der Waals surface area contributed by atoms with Crippen LogP contribution in [-0.4, -0.2) is 40.3 Å². The smallest absolute Gasteiger partial charge is 0.191 e. The van der Waals surface area contributed by atoms with Crippen molar-refractivity contribution in [2.45, 2.75) is 77.0 Å². The van der Waals surface area contributed by atoms with Gasteiger partial charge in [-0.1, -0.05) is 19.8 Å². The molecule has 2 N–H and O–H groups in total. The Bertz CT molecular complexity index is 369. The molecule has 130 valence electrons. The van der Waals surface area contributed by atoms with Crippen molar-refractivity contribution in [3.05, 3.63) is 0 Å². The average Bonchev–Trinajstić information content (AvgIpc) is 2.47. The van der Waals surface area contributed by atoms with Gasteiger partial charge in [0.1, 0.15) is 0 Å². The largest absolute Gasteiger partial charge is 0.355 e. The maximum Gasteiger partial charge on any atom is 0.191 e. The number of rotatable bonds is 6. The third kappa shape index (κ3) is 7.12. The van der Waals surface area contributed by atoms with Crippen LogP contribution in [0.25, 0.3) is 0 Å². The minimum absolute atomic E-state index is 0.143. The monoisotopic (exact) mass is 329 g/mol. The molecule has 1 rings (SSSR count). The summed E-state index contributed by atoms with van der Waals surface area (Å²) < 4.78 is 11.9. The molecule has 1 fully saturated rings. The number of nitrogens with zero attached hydrogens (tertiary/aromatic N) is 1. The van der Waals surface area contributed by atoms with Gasteiger partial charge in [0.25, 0.3) is 0 Å². The lowest BCUT2D eigenvalue weighted by atomic mass is 9.83. The lowest BCUT2D eigenvalue weighted by molar-refractivity contribution is 0.295. The van der Waals surface area contributed by atoms with Gasteiger partial charge in [0.05, 0.1) is 0 Å². The topological polar surface area (TPSA) is 53.5 Å². The van der Waals surface area contributed by atoms with E-state index in [1.807, 2.05) is 20.8 Å². The summed E-state index contributed by atoms with van der Waals surface area (Å²) in [5.74, 6) is 2.44. The summed E-state index contributed by atoms with van der Waals surface area (Å²) in [4.78, 5) is 4.29. The van der Waals surface area contributed by atoms with Crippen LogP contribution in [0.1, 0.15) is 66.2 Å². The van der Waals surface area contributed by atoms with E-state index in [1.165, 1.54) is 38.5 Å². The van der Waals surface area contributed by atoms with E-state index < -0.39 is 10.8 Å². The molecule has 4 nitrogen and oxygen atoms in total. The summed E-state index contributed by atoms with van der Waals surface area (Å²) in [6.45, 7) is 9.03. The second-order valence-corrected chi connectivity index (χ2v) is 9.64. The van der Waals surface area contributed by atoms with Crippen LogP contribution in [0.3, 0.4) is 0 Å². The van der Waals surface area contributed by atoms with Gasteiger partial charge in [0, 0.05) is 40.9 Å². The molecule has 1 aliphatic rings. The van der Waals surface area contributed by atoms with E-state index in [4.69, 9.17) is 0 Å². The van der Waals surface area contributed by atoms with Crippen LogP contribution in [0.5, 0.6) is 0 Å². The van der Waals surface area contributed by atoms with Crippen molar-refractivity contribution < 1.29 is 4.21 Å². The first-order valence-electron chi connectivity index (χ1n) is 8.72. The predicted octanol–water partition coefficient (Wildman–Crippen LogP) is 3.06. The second kappa shape index (κ2) is 9.53. The van der Waals surface area contributed by atoms with E-state index in [2.05, 4.69) is 22.5 Å². The van der Waals surface area contributed by atoms with E-state index >= 15 is 0 Å². The summed E-state index contributed by atoms with van der Waals surface area (Å²) in [6, 6.07) is 0.535. The average molecular weight is 330 g/mol. The van der Waals surface area contributed by atoms with E-state index in [0.717, 1.165) is 11.9 Å². The van der Waals surface area contributed by atoms with Gasteiger partial charge in [0.15, 0.2) is 5.96 Å². The van der Waals surface area contributed by atoms with Crippen molar-refractivity contribution in [2.24, 2.45) is 10.9 Å². The van der Waals surface area contributed by atoms with E-state index in [9.17, 15) is 4.21 Å². The molecule has 0 aliphatic heterocycles. The molecule has 22 heavy (non-hydrogen) atoms. The van der Waals surface area contributed by atoms with Crippen LogP contribution >= 0.6 is 0 Å². The molecule has 0 saturated heterocycles. The molecule has 5 heteroatoms. The van der Waals surface area contributed by atoms with Gasteiger partial charge in [-0.05, 0) is 52.4 Å². The van der Waals surface area contributed by atoms with Crippen LogP contribution in [-0.2, 0) is 10.8 Å². The second-order valence-electron chi connectivity index (χ2n) is 7.31. The molecule has 1 saturated carbocycles. The first-order valence-corrected chi connectivity index (χ1v) is 10.0. The Labute approximate surface area is 139 Å². The first kappa shape index (κ1) is 19.5. The van der Waals surface area contributed by atoms with Crippen LogP contribution in [0.15, 0.2) is 4.99 Å². The third-order valence-electron chi connectivity index (χ3n) is 4.37. The highest BCUT2D eigenvalue weighted by atomic mass is 32.2. The van der Waals surface area contributed by atoms with Crippen molar-refractivity contribution >= 4 is 16.8 Å². The highest BCUT2D eigenvalue weighted by molar-refractivity contribution is 7.86. The van der Waals surface area contributed by atoms with Crippen molar-refractivity contribution in [3.63, 3.8) is 0 Å². The molecule has 1 aliphatic carbocycles. The van der Waals surface area contributed by atoms with Crippen molar-refractivity contribution in [2.75, 3.05) is 19.3 Å². The Hall–Kier alpha value is -0.580. The normalized spacial score (nSPS) is 24.9. The molecule has 0 radical (unpaired) electrons. The summed E-state index contributed by atoms with van der Waals surface area (Å²) in [5, 5.41) is 6.82. The highest BCUT2D eigenvalue weighted by Gasteiger charge is 2.22. The Morgan fingerprint density at radius 3 is 2.36 bits per heavy atom. The summed E-state index contributed by atoms with van der Waals surface area (Å²) in [7, 11) is 0.989. The molecule has 0 aromatic carbocycles. The molecular weight excluding hydrogens is 294 g/mol. The van der Waals surface area contributed by atoms with Crippen LogP contribution in [0.2, 0.25) is 0 Å². The van der Waals surface area contributed by atoms with Gasteiger partial charge in [-0.25, -0.2) is 0 Å². The molecule has 0 spiro atoms.